The maximum absolute atomic E-state index is 12.4. The van der Waals surface area contributed by atoms with Crippen LogP contribution in [-0.2, 0) is 4.74 Å². The lowest BCUT2D eigenvalue weighted by Crippen LogP contribution is -2.67. The van der Waals surface area contributed by atoms with Crippen molar-refractivity contribution in [1.29, 1.82) is 0 Å². The Morgan fingerprint density at radius 3 is 2.96 bits per heavy atom. The summed E-state index contributed by atoms with van der Waals surface area (Å²) < 4.78 is 16.8. The lowest BCUT2D eigenvalue weighted by Gasteiger charge is -2.52. The van der Waals surface area contributed by atoms with Crippen LogP contribution < -0.4 is 4.74 Å². The molecule has 2 fully saturated rings. The minimum Gasteiger partial charge on any atom is -0.460 e. The van der Waals surface area contributed by atoms with Crippen LogP contribution in [-0.4, -0.2) is 57.3 Å². The minimum absolute atomic E-state index is 0.0119. The van der Waals surface area contributed by atoms with Crippen LogP contribution >= 0.6 is 0 Å². The quantitative estimate of drug-likeness (QED) is 0.834. The maximum atomic E-state index is 12.4. The van der Waals surface area contributed by atoms with Gasteiger partial charge in [-0.05, 0) is 19.9 Å². The van der Waals surface area contributed by atoms with E-state index in [1.807, 2.05) is 13.0 Å². The molecule has 4 heterocycles. The number of hydrogen-bond acceptors (Lipinski definition) is 7. The van der Waals surface area contributed by atoms with Crippen molar-refractivity contribution in [3.05, 3.63) is 35.5 Å². The van der Waals surface area contributed by atoms with Gasteiger partial charge in [-0.2, -0.15) is 0 Å². The maximum Gasteiger partial charge on any atom is 0.316 e. The lowest BCUT2D eigenvalue weighted by atomic mass is 9.84. The molecule has 2 aliphatic heterocycles. The predicted molar refractivity (Wildman–Crippen MR) is 86.2 cm³/mol. The van der Waals surface area contributed by atoms with Crippen LogP contribution in [0.5, 0.6) is 6.01 Å². The first kappa shape index (κ1) is 16.0. The number of rotatable bonds is 3. The number of aromatic nitrogens is 3. The fraction of sp³-hybridized carbons (Fsp3) is 0.529. The van der Waals surface area contributed by atoms with Crippen molar-refractivity contribution in [2.24, 2.45) is 0 Å². The van der Waals surface area contributed by atoms with E-state index < -0.39 is 0 Å². The molecule has 1 spiro atoms. The van der Waals surface area contributed by atoms with Gasteiger partial charge in [0.25, 0.3) is 5.91 Å². The van der Waals surface area contributed by atoms with Crippen LogP contribution in [0, 0.1) is 13.8 Å². The van der Waals surface area contributed by atoms with Crippen LogP contribution in [0.25, 0.3) is 0 Å². The zero-order valence-electron chi connectivity index (χ0n) is 14.3. The number of amides is 1. The molecule has 1 atom stereocenters. The van der Waals surface area contributed by atoms with Crippen LogP contribution in [0.15, 0.2) is 22.9 Å². The van der Waals surface area contributed by atoms with Crippen molar-refractivity contribution in [3.63, 3.8) is 0 Å². The summed E-state index contributed by atoms with van der Waals surface area (Å²) in [6, 6.07) is 3.88. The molecule has 0 radical (unpaired) electrons. The Bertz CT molecular complexity index is 784. The first-order chi connectivity index (χ1) is 12.0. The fourth-order valence-corrected chi connectivity index (χ4v) is 3.36. The summed E-state index contributed by atoms with van der Waals surface area (Å²) >= 11 is 0. The minimum atomic E-state index is -0.346. The van der Waals surface area contributed by atoms with Gasteiger partial charge < -0.3 is 18.9 Å². The normalized spacial score (nSPS) is 21.8. The second-order valence-corrected chi connectivity index (χ2v) is 6.73. The summed E-state index contributed by atoms with van der Waals surface area (Å²) in [5.74, 6) is 0.496. The Kier molecular flexibility index (Phi) is 3.91. The molecule has 2 aliphatic rings. The molecule has 0 bridgehead atoms. The van der Waals surface area contributed by atoms with Crippen molar-refractivity contribution < 1.29 is 18.8 Å². The molecule has 1 amide bonds. The van der Waals surface area contributed by atoms with Gasteiger partial charge in [0.15, 0.2) is 5.69 Å². The van der Waals surface area contributed by atoms with Crippen LogP contribution in [0.3, 0.4) is 0 Å². The Hall–Kier alpha value is -2.48. The second-order valence-electron chi connectivity index (χ2n) is 6.73. The summed E-state index contributed by atoms with van der Waals surface area (Å²) in [6.45, 7) is 5.34. The van der Waals surface area contributed by atoms with Gasteiger partial charge in [-0.3, -0.25) is 4.79 Å². The molecule has 0 unspecified atom stereocenters. The highest BCUT2D eigenvalue weighted by molar-refractivity contribution is 5.93. The zero-order chi connectivity index (χ0) is 17.4. The number of likely N-dealkylation sites (tertiary alicyclic amines) is 1. The zero-order valence-corrected chi connectivity index (χ0v) is 14.3. The molecule has 25 heavy (non-hydrogen) atoms. The van der Waals surface area contributed by atoms with Gasteiger partial charge >= 0.3 is 6.01 Å². The lowest BCUT2D eigenvalue weighted by molar-refractivity contribution is -0.174. The summed E-state index contributed by atoms with van der Waals surface area (Å²) in [7, 11) is 0. The fourth-order valence-electron chi connectivity index (χ4n) is 3.36. The highest BCUT2D eigenvalue weighted by Crippen LogP contribution is 2.36. The molecular weight excluding hydrogens is 324 g/mol. The molecule has 132 valence electrons. The topological polar surface area (TPSA) is 90.6 Å². The summed E-state index contributed by atoms with van der Waals surface area (Å²) in [5, 5.41) is 3.78. The van der Waals surface area contributed by atoms with E-state index in [0.717, 1.165) is 12.1 Å². The number of carbonyl (C=O) groups excluding carboxylic acids is 1. The highest BCUT2D eigenvalue weighted by Gasteiger charge is 2.50. The number of carbonyl (C=O) groups is 1. The standard InChI is InChI=1S/C17H20N4O4/c1-11-3-5-18-16(19-11)24-13-4-6-23-17(8-13)9-21(10-17)15(22)14-7-12(2)25-20-14/h3,5,7,13H,4,6,8-10H2,1-2H3/t13-/m0/s1. The van der Waals surface area contributed by atoms with Crippen LogP contribution in [0.2, 0.25) is 0 Å². The molecule has 0 aromatic carbocycles. The summed E-state index contributed by atoms with van der Waals surface area (Å²) in [6.07, 6.45) is 3.18. The van der Waals surface area contributed by atoms with E-state index >= 15 is 0 Å². The van der Waals surface area contributed by atoms with E-state index in [-0.39, 0.29) is 17.6 Å². The molecule has 0 saturated carbocycles. The van der Waals surface area contributed by atoms with Gasteiger partial charge in [-0.15, -0.1) is 0 Å². The van der Waals surface area contributed by atoms with Gasteiger partial charge in [0.2, 0.25) is 0 Å². The molecule has 4 rings (SSSR count). The van der Waals surface area contributed by atoms with Gasteiger partial charge in [-0.1, -0.05) is 5.16 Å². The third-order valence-corrected chi connectivity index (χ3v) is 4.58. The van der Waals surface area contributed by atoms with Crippen LogP contribution in [0.1, 0.15) is 34.8 Å². The molecule has 2 aromatic heterocycles. The number of nitrogens with zero attached hydrogens (tertiary/aromatic N) is 4. The first-order valence-corrected chi connectivity index (χ1v) is 8.36. The number of ether oxygens (including phenoxy) is 2. The van der Waals surface area contributed by atoms with E-state index in [1.165, 1.54) is 0 Å². The van der Waals surface area contributed by atoms with E-state index in [2.05, 4.69) is 15.1 Å². The largest absolute Gasteiger partial charge is 0.460 e. The number of aryl methyl sites for hydroxylation is 2. The highest BCUT2D eigenvalue weighted by atomic mass is 16.5. The average molecular weight is 344 g/mol. The van der Waals surface area contributed by atoms with Crippen molar-refractivity contribution >= 4 is 5.91 Å². The van der Waals surface area contributed by atoms with Crippen molar-refractivity contribution in [2.45, 2.75) is 38.4 Å². The van der Waals surface area contributed by atoms with Crippen molar-refractivity contribution in [2.75, 3.05) is 19.7 Å². The molecule has 8 nitrogen and oxygen atoms in total. The number of hydrogen-bond donors (Lipinski definition) is 0. The van der Waals surface area contributed by atoms with E-state index in [4.69, 9.17) is 14.0 Å². The summed E-state index contributed by atoms with van der Waals surface area (Å²) in [5.41, 5.74) is 0.862. The monoisotopic (exact) mass is 344 g/mol. The Balaban J connectivity index is 1.37. The van der Waals surface area contributed by atoms with Gasteiger partial charge in [-0.25, -0.2) is 9.97 Å². The van der Waals surface area contributed by atoms with Crippen LogP contribution in [0.4, 0.5) is 0 Å². The third kappa shape index (κ3) is 3.21. The van der Waals surface area contributed by atoms with E-state index in [9.17, 15) is 4.79 Å². The van der Waals surface area contributed by atoms with Gasteiger partial charge in [0.1, 0.15) is 17.5 Å². The first-order valence-electron chi connectivity index (χ1n) is 8.36. The van der Waals surface area contributed by atoms with Crippen molar-refractivity contribution in [3.8, 4) is 6.01 Å². The molecule has 2 aromatic rings. The second kappa shape index (κ2) is 6.11. The predicted octanol–water partition coefficient (Wildman–Crippen LogP) is 1.53. The SMILES string of the molecule is Cc1ccnc(O[C@H]2CCOC3(C2)CN(C(=O)c2cc(C)on2)C3)n1. The summed E-state index contributed by atoms with van der Waals surface area (Å²) in [4.78, 5) is 22.5. The Morgan fingerprint density at radius 2 is 2.24 bits per heavy atom. The Morgan fingerprint density at radius 1 is 1.40 bits per heavy atom. The van der Waals surface area contributed by atoms with E-state index in [0.29, 0.717) is 43.6 Å². The van der Waals surface area contributed by atoms with Gasteiger partial charge in [0.05, 0.1) is 19.7 Å². The Labute approximate surface area is 145 Å². The molecule has 8 heteroatoms. The van der Waals surface area contributed by atoms with Gasteiger partial charge in [0, 0.05) is 30.8 Å². The molecule has 0 aliphatic carbocycles. The molecule has 2 saturated heterocycles. The average Bonchev–Trinajstić information content (AvgIpc) is 2.99. The third-order valence-electron chi connectivity index (χ3n) is 4.58. The van der Waals surface area contributed by atoms with Crippen molar-refractivity contribution in [1.82, 2.24) is 20.0 Å². The van der Waals surface area contributed by atoms with E-state index in [1.54, 1.807) is 24.1 Å². The molecular formula is C17H20N4O4. The molecule has 0 N–H and O–H groups in total. The smallest absolute Gasteiger partial charge is 0.316 e.